The van der Waals surface area contributed by atoms with E-state index in [1.54, 1.807) is 18.2 Å². The van der Waals surface area contributed by atoms with Gasteiger partial charge < -0.3 is 25.3 Å². The predicted molar refractivity (Wildman–Crippen MR) is 74.5 cm³/mol. The summed E-state index contributed by atoms with van der Waals surface area (Å²) in [7, 11) is 0. The van der Waals surface area contributed by atoms with Crippen molar-refractivity contribution in [3.63, 3.8) is 0 Å². The van der Waals surface area contributed by atoms with Gasteiger partial charge in [0.05, 0.1) is 17.7 Å². The molecule has 3 N–H and O–H groups in total. The third-order valence-electron chi connectivity index (χ3n) is 4.56. The second kappa shape index (κ2) is 4.89. The molecule has 0 bridgehead atoms. The molecule has 4 atom stereocenters. The average molecular weight is 290 g/mol. The van der Waals surface area contributed by atoms with Crippen molar-refractivity contribution >= 4 is 5.91 Å². The molecule has 112 valence electrons. The molecule has 2 fully saturated rings. The molecule has 21 heavy (non-hydrogen) atoms. The van der Waals surface area contributed by atoms with Crippen LogP contribution < -0.4 is 20.5 Å². The van der Waals surface area contributed by atoms with Crippen LogP contribution in [0.2, 0.25) is 0 Å². The van der Waals surface area contributed by atoms with Gasteiger partial charge in [0.25, 0.3) is 5.91 Å². The highest BCUT2D eigenvalue weighted by Crippen LogP contribution is 2.38. The minimum atomic E-state index is -0.188. The summed E-state index contributed by atoms with van der Waals surface area (Å²) >= 11 is 0. The first-order chi connectivity index (χ1) is 10.3. The zero-order chi connectivity index (χ0) is 14.4. The van der Waals surface area contributed by atoms with Gasteiger partial charge in [0, 0.05) is 18.6 Å². The Balaban J connectivity index is 1.53. The van der Waals surface area contributed by atoms with Crippen LogP contribution in [0.1, 0.15) is 16.8 Å². The van der Waals surface area contributed by atoms with Gasteiger partial charge in [-0.25, -0.2) is 0 Å². The van der Waals surface area contributed by atoms with Crippen LogP contribution in [0, 0.1) is 5.92 Å². The molecule has 2 aliphatic heterocycles. The van der Waals surface area contributed by atoms with Crippen molar-refractivity contribution in [3.8, 4) is 11.5 Å². The molecule has 6 heteroatoms. The van der Waals surface area contributed by atoms with Gasteiger partial charge in [0.15, 0.2) is 11.5 Å². The molecule has 1 aromatic carbocycles. The third kappa shape index (κ3) is 1.98. The summed E-state index contributed by atoms with van der Waals surface area (Å²) in [6.45, 7) is 1.68. The highest BCUT2D eigenvalue weighted by Gasteiger charge is 2.52. The SMILES string of the molecule is NC1C2CCOC2C1NC(=O)c1cccc2c1OCCO2. The number of amides is 1. The van der Waals surface area contributed by atoms with Crippen molar-refractivity contribution < 1.29 is 19.0 Å². The molecule has 6 nitrogen and oxygen atoms in total. The Bertz CT molecular complexity index is 577. The van der Waals surface area contributed by atoms with E-state index in [9.17, 15) is 4.79 Å². The number of para-hydroxylation sites is 1. The van der Waals surface area contributed by atoms with Crippen LogP contribution in [0.3, 0.4) is 0 Å². The molecule has 1 aromatic rings. The van der Waals surface area contributed by atoms with Crippen LogP contribution in [-0.2, 0) is 4.74 Å². The van der Waals surface area contributed by atoms with Crippen LogP contribution in [0.4, 0.5) is 0 Å². The first kappa shape index (κ1) is 12.9. The summed E-state index contributed by atoms with van der Waals surface area (Å²) in [6, 6.07) is 5.18. The maximum Gasteiger partial charge on any atom is 0.255 e. The van der Waals surface area contributed by atoms with E-state index in [1.165, 1.54) is 0 Å². The number of rotatable bonds is 2. The van der Waals surface area contributed by atoms with Gasteiger partial charge in [-0.2, -0.15) is 0 Å². The van der Waals surface area contributed by atoms with Crippen molar-refractivity contribution in [1.29, 1.82) is 0 Å². The lowest BCUT2D eigenvalue weighted by Gasteiger charge is -2.45. The third-order valence-corrected chi connectivity index (χ3v) is 4.56. The monoisotopic (exact) mass is 290 g/mol. The minimum Gasteiger partial charge on any atom is -0.486 e. The van der Waals surface area contributed by atoms with E-state index >= 15 is 0 Å². The number of ether oxygens (including phenoxy) is 3. The fourth-order valence-corrected chi connectivity index (χ4v) is 3.41. The van der Waals surface area contributed by atoms with E-state index in [1.807, 2.05) is 0 Å². The number of nitrogens with one attached hydrogen (secondary N) is 1. The Labute approximate surface area is 122 Å². The van der Waals surface area contributed by atoms with Gasteiger partial charge >= 0.3 is 0 Å². The molecule has 0 spiro atoms. The molecule has 1 saturated heterocycles. The Hall–Kier alpha value is -1.79. The van der Waals surface area contributed by atoms with Crippen molar-refractivity contribution in [1.82, 2.24) is 5.32 Å². The van der Waals surface area contributed by atoms with E-state index in [0.29, 0.717) is 36.2 Å². The molecule has 4 unspecified atom stereocenters. The molecular weight excluding hydrogens is 272 g/mol. The zero-order valence-corrected chi connectivity index (χ0v) is 11.6. The van der Waals surface area contributed by atoms with Gasteiger partial charge in [0.1, 0.15) is 13.2 Å². The highest BCUT2D eigenvalue weighted by molar-refractivity contribution is 5.98. The van der Waals surface area contributed by atoms with E-state index < -0.39 is 0 Å². The second-order valence-corrected chi connectivity index (χ2v) is 5.69. The normalized spacial score (nSPS) is 33.0. The van der Waals surface area contributed by atoms with Gasteiger partial charge in [-0.05, 0) is 18.6 Å². The average Bonchev–Trinajstić information content (AvgIpc) is 2.96. The molecule has 1 aliphatic carbocycles. The quantitative estimate of drug-likeness (QED) is 0.818. The molecule has 0 radical (unpaired) electrons. The number of carbonyl (C=O) groups excluding carboxylic acids is 1. The smallest absolute Gasteiger partial charge is 0.255 e. The molecule has 1 amide bonds. The first-order valence-corrected chi connectivity index (χ1v) is 7.32. The number of benzene rings is 1. The second-order valence-electron chi connectivity index (χ2n) is 5.69. The minimum absolute atomic E-state index is 0.0295. The molecule has 4 rings (SSSR count). The summed E-state index contributed by atoms with van der Waals surface area (Å²) in [5.41, 5.74) is 6.61. The highest BCUT2D eigenvalue weighted by atomic mass is 16.6. The lowest BCUT2D eigenvalue weighted by Crippen LogP contribution is -2.68. The van der Waals surface area contributed by atoms with Crippen LogP contribution in [-0.4, -0.2) is 43.9 Å². The van der Waals surface area contributed by atoms with Crippen molar-refractivity contribution in [2.45, 2.75) is 24.6 Å². The van der Waals surface area contributed by atoms with Gasteiger partial charge in [-0.3, -0.25) is 4.79 Å². The van der Waals surface area contributed by atoms with Gasteiger partial charge in [-0.1, -0.05) is 6.07 Å². The van der Waals surface area contributed by atoms with Crippen LogP contribution in [0.15, 0.2) is 18.2 Å². The summed E-state index contributed by atoms with van der Waals surface area (Å²) in [6.07, 6.45) is 1.04. The standard InChI is InChI=1S/C15H18N2O4/c16-11-8-4-5-20-14(8)12(11)17-15(18)9-2-1-3-10-13(9)21-7-6-19-10/h1-3,8,11-12,14H,4-7,16H2,(H,17,18). The van der Waals surface area contributed by atoms with Crippen molar-refractivity contribution in [3.05, 3.63) is 23.8 Å². The number of fused-ring (bicyclic) bond motifs is 2. The fraction of sp³-hybridized carbons (Fsp3) is 0.533. The van der Waals surface area contributed by atoms with Crippen LogP contribution in [0.5, 0.6) is 11.5 Å². The Morgan fingerprint density at radius 3 is 3.00 bits per heavy atom. The number of carbonyl (C=O) groups is 1. The Kier molecular flexibility index (Phi) is 3.01. The maximum atomic E-state index is 12.5. The molecule has 1 saturated carbocycles. The van der Waals surface area contributed by atoms with Crippen LogP contribution >= 0.6 is 0 Å². The Morgan fingerprint density at radius 1 is 1.24 bits per heavy atom. The predicted octanol–water partition coefficient (Wildman–Crippen LogP) is 0.302. The summed E-state index contributed by atoms with van der Waals surface area (Å²) in [4.78, 5) is 12.5. The topological polar surface area (TPSA) is 82.8 Å². The molecule has 0 aromatic heterocycles. The summed E-state index contributed by atoms with van der Waals surface area (Å²) in [5.74, 6) is 1.31. The van der Waals surface area contributed by atoms with E-state index in [2.05, 4.69) is 5.32 Å². The molecule has 3 aliphatic rings. The molecule has 2 heterocycles. The Morgan fingerprint density at radius 2 is 2.10 bits per heavy atom. The fourth-order valence-electron chi connectivity index (χ4n) is 3.41. The maximum absolute atomic E-state index is 12.5. The van der Waals surface area contributed by atoms with E-state index in [0.717, 1.165) is 13.0 Å². The number of hydrogen-bond donors (Lipinski definition) is 2. The summed E-state index contributed by atoms with van der Waals surface area (Å²) < 4.78 is 16.7. The number of hydrogen-bond acceptors (Lipinski definition) is 5. The zero-order valence-electron chi connectivity index (χ0n) is 11.6. The largest absolute Gasteiger partial charge is 0.486 e. The van der Waals surface area contributed by atoms with Crippen LogP contribution in [0.25, 0.3) is 0 Å². The number of nitrogens with two attached hydrogens (primary N) is 1. The first-order valence-electron chi connectivity index (χ1n) is 7.32. The van der Waals surface area contributed by atoms with Gasteiger partial charge in [0.2, 0.25) is 0 Å². The van der Waals surface area contributed by atoms with E-state index in [-0.39, 0.29) is 24.1 Å². The van der Waals surface area contributed by atoms with Crippen molar-refractivity contribution in [2.75, 3.05) is 19.8 Å². The van der Waals surface area contributed by atoms with Gasteiger partial charge in [-0.15, -0.1) is 0 Å². The van der Waals surface area contributed by atoms with E-state index in [4.69, 9.17) is 19.9 Å². The lowest BCUT2D eigenvalue weighted by molar-refractivity contribution is -0.0161. The summed E-state index contributed by atoms with van der Waals surface area (Å²) in [5, 5.41) is 2.98. The van der Waals surface area contributed by atoms with Crippen molar-refractivity contribution in [2.24, 2.45) is 11.7 Å². The molecular formula is C15H18N2O4. The lowest BCUT2D eigenvalue weighted by atomic mass is 9.72.